The molecule has 1 aromatic carbocycles. The topological polar surface area (TPSA) is 34.3 Å². The highest BCUT2D eigenvalue weighted by Gasteiger charge is 2.39. The molecule has 0 spiro atoms. The van der Waals surface area contributed by atoms with Crippen molar-refractivity contribution < 1.29 is 9.79 Å². The normalized spacial score (nSPS) is 21.4. The number of hydrogen-bond donors (Lipinski definition) is 1. The average Bonchev–Trinajstić information content (AvgIpc) is 2.83. The quantitative estimate of drug-likeness (QED) is 0.657. The Morgan fingerprint density at radius 2 is 2.22 bits per heavy atom. The van der Waals surface area contributed by atoms with Crippen LogP contribution in [0.15, 0.2) is 24.3 Å². The van der Waals surface area contributed by atoms with Crippen LogP contribution >= 0.6 is 0 Å². The molecule has 1 aromatic rings. The van der Waals surface area contributed by atoms with Crippen LogP contribution in [0, 0.1) is 11.8 Å². The Kier molecular flexibility index (Phi) is 2.64. The summed E-state index contributed by atoms with van der Waals surface area (Å²) in [5.74, 6) is 6.17. The molecule has 3 heteroatoms. The second kappa shape index (κ2) is 4.30. The van der Waals surface area contributed by atoms with E-state index in [2.05, 4.69) is 16.8 Å². The lowest BCUT2D eigenvalue weighted by Crippen LogP contribution is -2.69. The minimum atomic E-state index is 0.119. The molecule has 0 radical (unpaired) electrons. The number of nitrogens with zero attached hydrogens (tertiary/aromatic N) is 1. The largest absolute Gasteiger partial charge is 0.324 e. The van der Waals surface area contributed by atoms with Gasteiger partial charge in [0.15, 0.2) is 0 Å². The number of benzene rings is 1. The molecule has 0 bridgehead atoms. The molecule has 0 unspecified atom stereocenters. The van der Waals surface area contributed by atoms with Gasteiger partial charge in [0, 0.05) is 12.6 Å². The monoisotopic (exact) mass is 239 g/mol. The highest BCUT2D eigenvalue weighted by Crippen LogP contribution is 2.24. The summed E-state index contributed by atoms with van der Waals surface area (Å²) < 4.78 is 0. The SMILES string of the molecule is CC#CC1=[NH+]c2ccccc2C(=O)N2CCC[C@@H]12. The standard InChI is InChI=1S/C15H14N2O/c1-2-6-13-14-9-5-10-17(14)15(18)11-7-3-4-8-12(11)16-13/h3-4,7-8,14H,5,9-10H2,1H3/p+1/t14-/m0/s1. The fraction of sp³-hybridized carbons (Fsp3) is 0.333. The third-order valence-electron chi connectivity index (χ3n) is 3.53. The molecule has 90 valence electrons. The number of carbonyl (C=O) groups is 1. The molecule has 3 nitrogen and oxygen atoms in total. The summed E-state index contributed by atoms with van der Waals surface area (Å²) in [5, 5.41) is 0. The first-order valence-electron chi connectivity index (χ1n) is 6.28. The molecular weight excluding hydrogens is 224 g/mol. The maximum atomic E-state index is 12.5. The minimum Gasteiger partial charge on any atom is -0.324 e. The zero-order valence-corrected chi connectivity index (χ0v) is 10.4. The zero-order chi connectivity index (χ0) is 12.5. The van der Waals surface area contributed by atoms with Gasteiger partial charge in [-0.2, -0.15) is 4.99 Å². The fourth-order valence-electron chi connectivity index (χ4n) is 2.72. The average molecular weight is 239 g/mol. The summed E-state index contributed by atoms with van der Waals surface area (Å²) in [6, 6.07) is 7.78. The maximum Gasteiger partial charge on any atom is 0.261 e. The Morgan fingerprint density at radius 1 is 1.39 bits per heavy atom. The van der Waals surface area contributed by atoms with E-state index in [9.17, 15) is 4.79 Å². The predicted octanol–water partition coefficient (Wildman–Crippen LogP) is 0.481. The Morgan fingerprint density at radius 3 is 3.06 bits per heavy atom. The lowest BCUT2D eigenvalue weighted by Gasteiger charge is -2.19. The van der Waals surface area contributed by atoms with E-state index < -0.39 is 0 Å². The Hall–Kier alpha value is -2.08. The van der Waals surface area contributed by atoms with Gasteiger partial charge in [0.25, 0.3) is 11.6 Å². The van der Waals surface area contributed by atoms with Gasteiger partial charge < -0.3 is 4.90 Å². The van der Waals surface area contributed by atoms with Crippen molar-refractivity contribution in [2.24, 2.45) is 0 Å². The van der Waals surface area contributed by atoms with Gasteiger partial charge >= 0.3 is 0 Å². The van der Waals surface area contributed by atoms with Crippen LogP contribution in [0.3, 0.4) is 0 Å². The van der Waals surface area contributed by atoms with Gasteiger partial charge in [-0.05, 0) is 31.8 Å². The van der Waals surface area contributed by atoms with Crippen molar-refractivity contribution in [3.8, 4) is 11.8 Å². The second-order valence-electron chi connectivity index (χ2n) is 4.62. The number of nitrogens with one attached hydrogen (secondary N) is 1. The minimum absolute atomic E-state index is 0.119. The summed E-state index contributed by atoms with van der Waals surface area (Å²) in [6.45, 7) is 2.65. The number of rotatable bonds is 0. The first-order valence-corrected chi connectivity index (χ1v) is 6.28. The number of fused-ring (bicyclic) bond motifs is 2. The van der Waals surface area contributed by atoms with E-state index in [0.717, 1.165) is 36.3 Å². The number of para-hydroxylation sites is 1. The van der Waals surface area contributed by atoms with Crippen LogP contribution in [-0.2, 0) is 0 Å². The first-order chi connectivity index (χ1) is 8.81. The molecule has 2 aliphatic rings. The molecule has 0 saturated carbocycles. The van der Waals surface area contributed by atoms with Gasteiger partial charge in [-0.3, -0.25) is 4.79 Å². The third-order valence-corrected chi connectivity index (χ3v) is 3.53. The third kappa shape index (κ3) is 1.62. The first kappa shape index (κ1) is 11.0. The summed E-state index contributed by atoms with van der Waals surface area (Å²) in [5.41, 5.74) is 2.57. The smallest absolute Gasteiger partial charge is 0.261 e. The molecule has 1 fully saturated rings. The molecule has 18 heavy (non-hydrogen) atoms. The van der Waals surface area contributed by atoms with Gasteiger partial charge in [0.05, 0.1) is 0 Å². The molecule has 2 aliphatic heterocycles. The van der Waals surface area contributed by atoms with E-state index in [1.165, 1.54) is 0 Å². The molecule has 1 amide bonds. The summed E-state index contributed by atoms with van der Waals surface area (Å²) in [4.78, 5) is 17.8. The molecule has 3 rings (SSSR count). The summed E-state index contributed by atoms with van der Waals surface area (Å²) in [7, 11) is 0. The number of carbonyl (C=O) groups excluding carboxylic acids is 1. The van der Waals surface area contributed by atoms with Crippen molar-refractivity contribution >= 4 is 17.3 Å². The van der Waals surface area contributed by atoms with E-state index >= 15 is 0 Å². The molecule has 0 aromatic heterocycles. The van der Waals surface area contributed by atoms with Crippen LogP contribution in [0.5, 0.6) is 0 Å². The lowest BCUT2D eigenvalue weighted by molar-refractivity contribution is -0.354. The molecule has 1 atom stereocenters. The van der Waals surface area contributed by atoms with E-state index in [1.807, 2.05) is 36.1 Å². The number of hydrogen-bond acceptors (Lipinski definition) is 1. The molecule has 0 aliphatic carbocycles. The van der Waals surface area contributed by atoms with Crippen LogP contribution in [0.2, 0.25) is 0 Å². The highest BCUT2D eigenvalue weighted by molar-refractivity contribution is 6.08. The Bertz CT molecular complexity index is 592. The van der Waals surface area contributed by atoms with E-state index in [-0.39, 0.29) is 11.9 Å². The van der Waals surface area contributed by atoms with Gasteiger partial charge in [-0.25, -0.2) is 0 Å². The van der Waals surface area contributed by atoms with Crippen molar-refractivity contribution in [2.45, 2.75) is 25.8 Å². The highest BCUT2D eigenvalue weighted by atomic mass is 16.2. The van der Waals surface area contributed by atoms with Gasteiger partial charge in [-0.15, -0.1) is 0 Å². The van der Waals surface area contributed by atoms with Crippen LogP contribution in [-0.4, -0.2) is 29.1 Å². The van der Waals surface area contributed by atoms with Gasteiger partial charge in [0.1, 0.15) is 11.6 Å². The molecule has 1 N–H and O–H groups in total. The predicted molar refractivity (Wildman–Crippen MR) is 69.6 cm³/mol. The summed E-state index contributed by atoms with van der Waals surface area (Å²) >= 11 is 0. The Balaban J connectivity index is 2.18. The summed E-state index contributed by atoms with van der Waals surface area (Å²) in [6.07, 6.45) is 2.05. The van der Waals surface area contributed by atoms with Crippen molar-refractivity contribution in [3.63, 3.8) is 0 Å². The van der Waals surface area contributed by atoms with Crippen LogP contribution < -0.4 is 4.99 Å². The van der Waals surface area contributed by atoms with Crippen molar-refractivity contribution in [1.29, 1.82) is 0 Å². The molecule has 2 heterocycles. The Labute approximate surface area is 107 Å². The maximum absolute atomic E-state index is 12.5. The molecule has 1 saturated heterocycles. The van der Waals surface area contributed by atoms with Gasteiger partial charge in [-0.1, -0.05) is 18.1 Å². The second-order valence-corrected chi connectivity index (χ2v) is 4.62. The van der Waals surface area contributed by atoms with Crippen LogP contribution in [0.25, 0.3) is 0 Å². The van der Waals surface area contributed by atoms with E-state index in [0.29, 0.717) is 0 Å². The lowest BCUT2D eigenvalue weighted by atomic mass is 10.1. The molecular formula is C15H15N2O+. The van der Waals surface area contributed by atoms with Crippen LogP contribution in [0.1, 0.15) is 30.1 Å². The van der Waals surface area contributed by atoms with Gasteiger partial charge in [0.2, 0.25) is 5.69 Å². The fourth-order valence-corrected chi connectivity index (χ4v) is 2.72. The zero-order valence-electron chi connectivity index (χ0n) is 10.4. The van der Waals surface area contributed by atoms with Crippen molar-refractivity contribution in [1.82, 2.24) is 4.90 Å². The van der Waals surface area contributed by atoms with E-state index in [1.54, 1.807) is 0 Å². The van der Waals surface area contributed by atoms with Crippen molar-refractivity contribution in [2.75, 3.05) is 6.54 Å². The van der Waals surface area contributed by atoms with Crippen molar-refractivity contribution in [3.05, 3.63) is 29.8 Å². The van der Waals surface area contributed by atoms with Crippen LogP contribution in [0.4, 0.5) is 5.69 Å². The number of amides is 1. The van der Waals surface area contributed by atoms with E-state index in [4.69, 9.17) is 0 Å².